The summed E-state index contributed by atoms with van der Waals surface area (Å²) in [7, 11) is 1.66. The number of amides is 1. The van der Waals surface area contributed by atoms with Crippen LogP contribution in [0, 0.1) is 0 Å². The van der Waals surface area contributed by atoms with Crippen molar-refractivity contribution >= 4 is 32.4 Å². The van der Waals surface area contributed by atoms with Gasteiger partial charge in [-0.15, -0.1) is 0 Å². The van der Waals surface area contributed by atoms with Crippen LogP contribution in [0.25, 0.3) is 26.4 Å². The predicted octanol–water partition coefficient (Wildman–Crippen LogP) is 5.98. The Hall–Kier alpha value is -3.64. The Kier molecular flexibility index (Phi) is 5.84. The molecule has 0 bridgehead atoms. The summed E-state index contributed by atoms with van der Waals surface area (Å²) in [5.74, 6) is 0.785. The van der Waals surface area contributed by atoms with E-state index < -0.39 is 0 Å². The van der Waals surface area contributed by atoms with Gasteiger partial charge in [-0.05, 0) is 67.8 Å². The van der Waals surface area contributed by atoms with E-state index in [0.717, 1.165) is 45.0 Å². The van der Waals surface area contributed by atoms with Crippen molar-refractivity contribution in [1.82, 2.24) is 14.7 Å². The molecular weight excluding hydrogens is 430 g/mol. The average molecular weight is 456 g/mol. The highest BCUT2D eigenvalue weighted by molar-refractivity contribution is 7.23. The number of methoxy groups -OCH3 is 1. The molecule has 2 aromatic heterocycles. The van der Waals surface area contributed by atoms with Gasteiger partial charge in [0.1, 0.15) is 5.75 Å². The van der Waals surface area contributed by atoms with E-state index in [2.05, 4.69) is 28.8 Å². The molecule has 1 N–H and O–H groups in total. The van der Waals surface area contributed by atoms with Crippen LogP contribution in [0.2, 0.25) is 0 Å². The van der Waals surface area contributed by atoms with Crippen LogP contribution >= 0.6 is 11.3 Å². The van der Waals surface area contributed by atoms with Gasteiger partial charge in [-0.25, -0.2) is 4.98 Å². The molecule has 166 valence electrons. The molecule has 5 rings (SSSR count). The SMILES string of the molecule is COc1ccc(-c2cn3c(n2)sc2cc(C(=O)N[C@H](C)CCc4ccccc4)ccc23)cc1. The summed E-state index contributed by atoms with van der Waals surface area (Å²) in [6, 6.07) is 24.2. The van der Waals surface area contributed by atoms with E-state index in [1.54, 1.807) is 18.4 Å². The van der Waals surface area contributed by atoms with E-state index in [-0.39, 0.29) is 11.9 Å². The topological polar surface area (TPSA) is 55.6 Å². The number of thiazole rings is 1. The van der Waals surface area contributed by atoms with E-state index in [1.807, 2.05) is 66.9 Å². The summed E-state index contributed by atoms with van der Waals surface area (Å²) >= 11 is 1.59. The maximum absolute atomic E-state index is 12.8. The first kappa shape index (κ1) is 21.2. The lowest BCUT2D eigenvalue weighted by Gasteiger charge is -2.14. The first-order valence-electron chi connectivity index (χ1n) is 11.0. The number of hydrogen-bond donors (Lipinski definition) is 1. The van der Waals surface area contributed by atoms with Crippen molar-refractivity contribution in [3.63, 3.8) is 0 Å². The highest BCUT2D eigenvalue weighted by Gasteiger charge is 2.14. The second-order valence-electron chi connectivity index (χ2n) is 8.19. The van der Waals surface area contributed by atoms with Gasteiger partial charge in [-0.1, -0.05) is 41.7 Å². The number of hydrogen-bond acceptors (Lipinski definition) is 4. The molecule has 0 saturated heterocycles. The number of carbonyl (C=O) groups is 1. The van der Waals surface area contributed by atoms with E-state index in [9.17, 15) is 4.79 Å². The van der Waals surface area contributed by atoms with Crippen LogP contribution in [-0.2, 0) is 6.42 Å². The maximum Gasteiger partial charge on any atom is 0.251 e. The molecule has 1 atom stereocenters. The van der Waals surface area contributed by atoms with Gasteiger partial charge in [-0.2, -0.15) is 0 Å². The zero-order chi connectivity index (χ0) is 22.8. The third-order valence-electron chi connectivity index (χ3n) is 5.83. The fourth-order valence-electron chi connectivity index (χ4n) is 3.95. The molecule has 33 heavy (non-hydrogen) atoms. The Morgan fingerprint density at radius 2 is 1.88 bits per heavy atom. The number of rotatable bonds is 7. The van der Waals surface area contributed by atoms with Crippen molar-refractivity contribution in [2.24, 2.45) is 0 Å². The largest absolute Gasteiger partial charge is 0.497 e. The first-order chi connectivity index (χ1) is 16.1. The fourth-order valence-corrected chi connectivity index (χ4v) is 5.00. The zero-order valence-corrected chi connectivity index (χ0v) is 19.4. The van der Waals surface area contributed by atoms with Crippen molar-refractivity contribution in [2.75, 3.05) is 7.11 Å². The number of aromatic nitrogens is 2. The molecule has 3 aromatic carbocycles. The lowest BCUT2D eigenvalue weighted by atomic mass is 10.1. The van der Waals surface area contributed by atoms with Gasteiger partial charge in [0.15, 0.2) is 4.96 Å². The third kappa shape index (κ3) is 4.47. The van der Waals surface area contributed by atoms with E-state index in [0.29, 0.717) is 5.56 Å². The van der Waals surface area contributed by atoms with E-state index in [4.69, 9.17) is 9.72 Å². The number of nitrogens with one attached hydrogen (secondary N) is 1. The minimum Gasteiger partial charge on any atom is -0.497 e. The van der Waals surface area contributed by atoms with Gasteiger partial charge in [0.05, 0.1) is 23.0 Å². The first-order valence-corrected chi connectivity index (χ1v) is 11.8. The molecule has 5 nitrogen and oxygen atoms in total. The molecule has 0 unspecified atom stereocenters. The summed E-state index contributed by atoms with van der Waals surface area (Å²) in [5, 5.41) is 3.13. The molecule has 0 radical (unpaired) electrons. The lowest BCUT2D eigenvalue weighted by molar-refractivity contribution is 0.0938. The molecule has 2 heterocycles. The summed E-state index contributed by atoms with van der Waals surface area (Å²) in [6.45, 7) is 2.05. The van der Waals surface area contributed by atoms with Gasteiger partial charge >= 0.3 is 0 Å². The number of aryl methyl sites for hydroxylation is 1. The minimum atomic E-state index is -0.0394. The second-order valence-corrected chi connectivity index (χ2v) is 9.20. The van der Waals surface area contributed by atoms with Crippen LogP contribution in [0.5, 0.6) is 5.75 Å². The van der Waals surface area contributed by atoms with Crippen molar-refractivity contribution < 1.29 is 9.53 Å². The van der Waals surface area contributed by atoms with Gasteiger partial charge in [0.25, 0.3) is 5.91 Å². The van der Waals surface area contributed by atoms with Crippen LogP contribution in [0.15, 0.2) is 79.0 Å². The monoisotopic (exact) mass is 455 g/mol. The Balaban J connectivity index is 1.31. The van der Waals surface area contributed by atoms with Crippen molar-refractivity contribution in [2.45, 2.75) is 25.8 Å². The van der Waals surface area contributed by atoms with Crippen LogP contribution in [0.1, 0.15) is 29.3 Å². The smallest absolute Gasteiger partial charge is 0.251 e. The minimum absolute atomic E-state index is 0.0394. The van der Waals surface area contributed by atoms with Crippen LogP contribution in [0.4, 0.5) is 0 Å². The number of nitrogens with zero attached hydrogens (tertiary/aromatic N) is 2. The van der Waals surface area contributed by atoms with E-state index >= 15 is 0 Å². The third-order valence-corrected chi connectivity index (χ3v) is 6.85. The van der Waals surface area contributed by atoms with Crippen LogP contribution in [0.3, 0.4) is 0 Å². The maximum atomic E-state index is 12.8. The van der Waals surface area contributed by atoms with Crippen molar-refractivity contribution in [3.05, 3.63) is 90.1 Å². The summed E-state index contributed by atoms with van der Waals surface area (Å²) < 4.78 is 8.37. The number of ether oxygens (including phenoxy) is 1. The quantitative estimate of drug-likeness (QED) is 0.329. The van der Waals surface area contributed by atoms with Gasteiger partial charge in [-0.3, -0.25) is 9.20 Å². The molecule has 1 amide bonds. The predicted molar refractivity (Wildman–Crippen MR) is 134 cm³/mol. The Morgan fingerprint density at radius 3 is 2.64 bits per heavy atom. The summed E-state index contributed by atoms with van der Waals surface area (Å²) in [5.41, 5.74) is 4.97. The molecule has 0 fully saturated rings. The van der Waals surface area contributed by atoms with Gasteiger partial charge < -0.3 is 10.1 Å². The Morgan fingerprint density at radius 1 is 1.09 bits per heavy atom. The molecule has 0 aliphatic carbocycles. The molecule has 0 spiro atoms. The van der Waals surface area contributed by atoms with Gasteiger partial charge in [0, 0.05) is 23.4 Å². The average Bonchev–Trinajstić information content (AvgIpc) is 3.41. The second kappa shape index (κ2) is 9.08. The van der Waals surface area contributed by atoms with Crippen LogP contribution < -0.4 is 10.1 Å². The van der Waals surface area contributed by atoms with Crippen molar-refractivity contribution in [3.8, 4) is 17.0 Å². The normalized spacial score (nSPS) is 12.2. The Bertz CT molecular complexity index is 1400. The summed E-state index contributed by atoms with van der Waals surface area (Å²) in [4.78, 5) is 18.5. The van der Waals surface area contributed by atoms with Crippen LogP contribution in [-0.4, -0.2) is 28.4 Å². The number of carbonyl (C=O) groups excluding carboxylic acids is 1. The standard InChI is InChI=1S/C27H25N3O2S/c1-18(8-9-19-6-4-3-5-7-19)28-26(31)21-12-15-24-25(16-21)33-27-29-23(17-30(24)27)20-10-13-22(32-2)14-11-20/h3-7,10-18H,8-9H2,1-2H3,(H,28,31)/t18-/m1/s1. The highest BCUT2D eigenvalue weighted by Crippen LogP contribution is 2.30. The van der Waals surface area contributed by atoms with Crippen molar-refractivity contribution in [1.29, 1.82) is 0 Å². The molecule has 6 heteroatoms. The Labute approximate surface area is 196 Å². The highest BCUT2D eigenvalue weighted by atomic mass is 32.1. The fraction of sp³-hybridized carbons (Fsp3) is 0.185. The van der Waals surface area contributed by atoms with E-state index in [1.165, 1.54) is 5.56 Å². The molecule has 5 aromatic rings. The zero-order valence-electron chi connectivity index (χ0n) is 18.6. The number of fused-ring (bicyclic) bond motifs is 3. The number of imidazole rings is 1. The molecular formula is C27H25N3O2S. The molecule has 0 aliphatic rings. The number of benzene rings is 3. The molecule has 0 saturated carbocycles. The van der Waals surface area contributed by atoms with Gasteiger partial charge in [0.2, 0.25) is 0 Å². The molecule has 0 aliphatic heterocycles. The lowest BCUT2D eigenvalue weighted by Crippen LogP contribution is -2.32. The summed E-state index contributed by atoms with van der Waals surface area (Å²) in [6.07, 6.45) is 3.89.